The van der Waals surface area contributed by atoms with Crippen LogP contribution in [0.1, 0.15) is 57.5 Å². The number of aromatic nitrogens is 2. The highest BCUT2D eigenvalue weighted by Crippen LogP contribution is 2.25. The van der Waals surface area contributed by atoms with E-state index < -0.39 is 0 Å². The number of aryl methyl sites for hydroxylation is 3. The first-order valence-corrected chi connectivity index (χ1v) is 10.5. The molecular weight excluding hydrogens is 364 g/mol. The maximum atomic E-state index is 13.4. The Bertz CT molecular complexity index is 988. The quantitative estimate of drug-likeness (QED) is 0.803. The van der Waals surface area contributed by atoms with Gasteiger partial charge in [0.25, 0.3) is 11.5 Å². The Morgan fingerprint density at radius 2 is 1.90 bits per heavy atom. The number of hydrogen-bond donors (Lipinski definition) is 0. The molecule has 0 spiro atoms. The third-order valence-corrected chi connectivity index (χ3v) is 5.97. The molecule has 1 aromatic heterocycles. The van der Waals surface area contributed by atoms with E-state index in [1.54, 1.807) is 4.90 Å². The predicted molar refractivity (Wildman–Crippen MR) is 113 cm³/mol. The summed E-state index contributed by atoms with van der Waals surface area (Å²) < 4.78 is 1.91. The second kappa shape index (κ2) is 7.75. The summed E-state index contributed by atoms with van der Waals surface area (Å²) in [6.45, 7) is 5.79. The molecule has 0 saturated heterocycles. The van der Waals surface area contributed by atoms with Crippen LogP contribution in [0.4, 0.5) is 0 Å². The highest BCUT2D eigenvalue weighted by atomic mass is 16.2. The maximum Gasteiger partial charge on any atom is 0.259 e. The first-order valence-electron chi connectivity index (χ1n) is 10.5. The summed E-state index contributed by atoms with van der Waals surface area (Å²) >= 11 is 0. The molecule has 0 unspecified atom stereocenters. The number of hydrogen-bond acceptors (Lipinski definition) is 4. The van der Waals surface area contributed by atoms with Crippen molar-refractivity contribution in [1.82, 2.24) is 19.4 Å². The zero-order valence-electron chi connectivity index (χ0n) is 17.9. The lowest BCUT2D eigenvalue weighted by atomic mass is 9.99. The van der Waals surface area contributed by atoms with Crippen molar-refractivity contribution in [2.75, 3.05) is 27.2 Å². The van der Waals surface area contributed by atoms with Crippen LogP contribution in [0.15, 0.2) is 23.0 Å². The van der Waals surface area contributed by atoms with Crippen LogP contribution in [0.25, 0.3) is 0 Å². The minimum atomic E-state index is -0.00517. The molecule has 4 rings (SSSR count). The molecule has 1 aromatic carbocycles. The van der Waals surface area contributed by atoms with Gasteiger partial charge in [-0.3, -0.25) is 14.2 Å². The highest BCUT2D eigenvalue weighted by Gasteiger charge is 2.30. The smallest absolute Gasteiger partial charge is 0.259 e. The number of amides is 1. The fraction of sp³-hybridized carbons (Fsp3) is 0.522. The van der Waals surface area contributed by atoms with E-state index in [1.165, 1.54) is 0 Å². The van der Waals surface area contributed by atoms with Crippen molar-refractivity contribution in [3.8, 4) is 0 Å². The molecule has 2 aromatic rings. The van der Waals surface area contributed by atoms with E-state index in [0.717, 1.165) is 48.5 Å². The van der Waals surface area contributed by atoms with Gasteiger partial charge in [-0.2, -0.15) is 0 Å². The van der Waals surface area contributed by atoms with E-state index in [0.29, 0.717) is 30.6 Å². The zero-order valence-corrected chi connectivity index (χ0v) is 17.9. The van der Waals surface area contributed by atoms with Gasteiger partial charge >= 0.3 is 0 Å². The summed E-state index contributed by atoms with van der Waals surface area (Å²) in [5.41, 5.74) is 4.48. The van der Waals surface area contributed by atoms with Crippen LogP contribution >= 0.6 is 0 Å². The predicted octanol–water partition coefficient (Wildman–Crippen LogP) is 2.50. The van der Waals surface area contributed by atoms with Crippen LogP contribution in [-0.4, -0.2) is 52.4 Å². The van der Waals surface area contributed by atoms with Crippen LogP contribution in [0.3, 0.4) is 0 Å². The Hall–Kier alpha value is -2.47. The van der Waals surface area contributed by atoms with Crippen LogP contribution < -0.4 is 5.56 Å². The normalized spacial score (nSPS) is 18.5. The standard InChI is InChI=1S/C23H30N4O2/c1-15-10-16(2)12-17(11-15)22(28)26-9-8-20-19(14-26)23(29)27-18(13-25(3)4)6-5-7-21(27)24-20/h10-12,18H,5-9,13-14H2,1-4H3/t18-/m1/s1. The second-order valence-corrected chi connectivity index (χ2v) is 8.79. The molecule has 0 aliphatic carbocycles. The average Bonchev–Trinajstić information content (AvgIpc) is 2.66. The van der Waals surface area contributed by atoms with E-state index in [2.05, 4.69) is 11.0 Å². The number of fused-ring (bicyclic) bond motifs is 2. The molecule has 0 fully saturated rings. The van der Waals surface area contributed by atoms with E-state index in [9.17, 15) is 9.59 Å². The third-order valence-electron chi connectivity index (χ3n) is 5.97. The van der Waals surface area contributed by atoms with Gasteiger partial charge in [0, 0.05) is 31.5 Å². The molecule has 6 heteroatoms. The van der Waals surface area contributed by atoms with Crippen molar-refractivity contribution in [3.63, 3.8) is 0 Å². The lowest BCUT2D eigenvalue weighted by molar-refractivity contribution is 0.0731. The SMILES string of the molecule is Cc1cc(C)cc(C(=O)N2CCc3nc4n(c(=O)c3C2)[C@@H](CN(C)C)CCC4)c1. The van der Waals surface area contributed by atoms with Gasteiger partial charge < -0.3 is 9.80 Å². The van der Waals surface area contributed by atoms with Gasteiger partial charge in [0.1, 0.15) is 5.82 Å². The Balaban J connectivity index is 1.67. The summed E-state index contributed by atoms with van der Waals surface area (Å²) in [5.74, 6) is 0.912. The van der Waals surface area contributed by atoms with Crippen molar-refractivity contribution >= 4 is 5.91 Å². The van der Waals surface area contributed by atoms with Crippen LogP contribution in [0, 0.1) is 13.8 Å². The number of rotatable bonds is 3. The summed E-state index contributed by atoms with van der Waals surface area (Å²) in [7, 11) is 4.07. The number of carbonyl (C=O) groups excluding carboxylic acids is 1. The monoisotopic (exact) mass is 394 g/mol. The van der Waals surface area contributed by atoms with Crippen molar-refractivity contribution in [2.45, 2.75) is 52.1 Å². The second-order valence-electron chi connectivity index (χ2n) is 8.79. The molecule has 0 bridgehead atoms. The van der Waals surface area contributed by atoms with Gasteiger partial charge in [0.2, 0.25) is 0 Å². The van der Waals surface area contributed by atoms with Gasteiger partial charge in [0.05, 0.1) is 23.8 Å². The van der Waals surface area contributed by atoms with Crippen molar-refractivity contribution < 1.29 is 4.79 Å². The fourth-order valence-corrected chi connectivity index (χ4v) is 4.77. The van der Waals surface area contributed by atoms with Crippen molar-refractivity contribution in [2.24, 2.45) is 0 Å². The highest BCUT2D eigenvalue weighted by molar-refractivity contribution is 5.94. The largest absolute Gasteiger partial charge is 0.334 e. The van der Waals surface area contributed by atoms with Gasteiger partial charge in [0.15, 0.2) is 0 Å². The zero-order chi connectivity index (χ0) is 20.7. The van der Waals surface area contributed by atoms with E-state index in [4.69, 9.17) is 4.98 Å². The number of benzene rings is 1. The van der Waals surface area contributed by atoms with Crippen molar-refractivity contribution in [1.29, 1.82) is 0 Å². The summed E-state index contributed by atoms with van der Waals surface area (Å²) in [4.78, 5) is 35.3. The molecular formula is C23H30N4O2. The van der Waals surface area contributed by atoms with Crippen molar-refractivity contribution in [3.05, 3.63) is 62.3 Å². The molecule has 0 saturated carbocycles. The minimum Gasteiger partial charge on any atom is -0.334 e. The molecule has 2 aliphatic heterocycles. The van der Waals surface area contributed by atoms with Gasteiger partial charge in [-0.1, -0.05) is 17.2 Å². The van der Waals surface area contributed by atoms with Crippen LogP contribution in [0.5, 0.6) is 0 Å². The topological polar surface area (TPSA) is 58.4 Å². The van der Waals surface area contributed by atoms with E-state index in [1.807, 2.05) is 44.6 Å². The third kappa shape index (κ3) is 3.86. The summed E-state index contributed by atoms with van der Waals surface area (Å²) in [6, 6.07) is 6.08. The van der Waals surface area contributed by atoms with Gasteiger partial charge in [-0.15, -0.1) is 0 Å². The summed E-state index contributed by atoms with van der Waals surface area (Å²) in [6.07, 6.45) is 3.57. The number of nitrogens with zero attached hydrogens (tertiary/aromatic N) is 4. The molecule has 1 amide bonds. The molecule has 0 radical (unpaired) electrons. The Morgan fingerprint density at radius 1 is 1.17 bits per heavy atom. The molecule has 154 valence electrons. The first kappa shape index (κ1) is 19.8. The van der Waals surface area contributed by atoms with E-state index in [-0.39, 0.29) is 17.5 Å². The molecule has 2 aliphatic rings. The van der Waals surface area contributed by atoms with Gasteiger partial charge in [-0.25, -0.2) is 4.98 Å². The maximum absolute atomic E-state index is 13.4. The first-order chi connectivity index (χ1) is 13.8. The number of likely N-dealkylation sites (N-methyl/N-ethyl adjacent to an activating group) is 1. The molecule has 6 nitrogen and oxygen atoms in total. The number of carbonyl (C=O) groups is 1. The molecule has 3 heterocycles. The lowest BCUT2D eigenvalue weighted by Gasteiger charge is -2.33. The fourth-order valence-electron chi connectivity index (χ4n) is 4.77. The van der Waals surface area contributed by atoms with Crippen LogP contribution in [0.2, 0.25) is 0 Å². The Labute approximate surface area is 172 Å². The lowest BCUT2D eigenvalue weighted by Crippen LogP contribution is -2.44. The minimum absolute atomic E-state index is 0.00517. The van der Waals surface area contributed by atoms with Gasteiger partial charge in [-0.05, 0) is 52.9 Å². The molecule has 0 N–H and O–H groups in total. The Kier molecular flexibility index (Phi) is 5.30. The van der Waals surface area contributed by atoms with E-state index >= 15 is 0 Å². The molecule has 1 atom stereocenters. The summed E-state index contributed by atoms with van der Waals surface area (Å²) in [5, 5.41) is 0. The van der Waals surface area contributed by atoms with Crippen LogP contribution in [-0.2, 0) is 19.4 Å². The molecule has 29 heavy (non-hydrogen) atoms. The average molecular weight is 395 g/mol. The Morgan fingerprint density at radius 3 is 2.59 bits per heavy atom.